The second kappa shape index (κ2) is 2.34. The van der Waals surface area contributed by atoms with Crippen LogP contribution in [-0.4, -0.2) is 14.4 Å². The van der Waals surface area contributed by atoms with E-state index < -0.39 is 0 Å². The molecule has 0 aliphatic heterocycles. The van der Waals surface area contributed by atoms with Gasteiger partial charge in [0.15, 0.2) is 0 Å². The normalized spacial score (nSPS) is 10.6. The Labute approximate surface area is 64.7 Å². The van der Waals surface area contributed by atoms with Gasteiger partial charge in [-0.2, -0.15) is 0 Å². The number of fused-ring (bicyclic) bond motifs is 1. The first-order valence-electron chi connectivity index (χ1n) is 3.67. The second-order valence-electron chi connectivity index (χ2n) is 2.45. The predicted octanol–water partition coefficient (Wildman–Crippen LogP) is 1.29. The Morgan fingerprint density at radius 2 is 2.36 bits per heavy atom. The Morgan fingerprint density at radius 1 is 1.45 bits per heavy atom. The fourth-order valence-electron chi connectivity index (χ4n) is 1.04. The van der Waals surface area contributed by atoms with Crippen molar-refractivity contribution in [3.8, 4) is 0 Å². The molecule has 0 fully saturated rings. The highest BCUT2D eigenvalue weighted by molar-refractivity contribution is 5.28. The van der Waals surface area contributed by atoms with Gasteiger partial charge in [-0.05, 0) is 12.0 Å². The zero-order chi connectivity index (χ0) is 7.68. The molecule has 0 unspecified atom stereocenters. The summed E-state index contributed by atoms with van der Waals surface area (Å²) in [5.74, 6) is 0.766. The molecule has 2 rings (SSSR count). The summed E-state index contributed by atoms with van der Waals surface area (Å²) < 4.78 is 1.93. The van der Waals surface area contributed by atoms with Crippen LogP contribution in [0.5, 0.6) is 0 Å². The molecule has 0 bridgehead atoms. The van der Waals surface area contributed by atoms with Crippen LogP contribution in [-0.2, 0) is 6.42 Å². The molecule has 0 spiro atoms. The van der Waals surface area contributed by atoms with Crippen LogP contribution in [0.3, 0.4) is 0 Å². The number of rotatable bonds is 1. The fourth-order valence-corrected chi connectivity index (χ4v) is 1.04. The number of nitrogens with zero attached hydrogens (tertiary/aromatic N) is 3. The maximum Gasteiger partial charge on any atom is 0.233 e. The minimum Gasteiger partial charge on any atom is -0.291 e. The summed E-state index contributed by atoms with van der Waals surface area (Å²) in [6, 6.07) is 0. The standard InChI is InChI=1S/C8H9N3/c1-2-7-5-10-8-9-3-4-11(8)6-7/h3-6H,2H2,1H3. The molecule has 0 aromatic carbocycles. The van der Waals surface area contributed by atoms with E-state index in [-0.39, 0.29) is 0 Å². The van der Waals surface area contributed by atoms with Gasteiger partial charge in [0, 0.05) is 24.8 Å². The topological polar surface area (TPSA) is 30.2 Å². The lowest BCUT2D eigenvalue weighted by Crippen LogP contribution is -1.90. The molecule has 11 heavy (non-hydrogen) atoms. The van der Waals surface area contributed by atoms with Crippen molar-refractivity contribution in [3.05, 3.63) is 30.4 Å². The minimum absolute atomic E-state index is 0.766. The van der Waals surface area contributed by atoms with Crippen molar-refractivity contribution in [2.45, 2.75) is 13.3 Å². The summed E-state index contributed by atoms with van der Waals surface area (Å²) in [5.41, 5.74) is 1.23. The predicted molar refractivity (Wildman–Crippen MR) is 42.4 cm³/mol. The van der Waals surface area contributed by atoms with Crippen molar-refractivity contribution in [2.24, 2.45) is 0 Å². The molecule has 0 saturated carbocycles. The molecule has 2 aromatic heterocycles. The summed E-state index contributed by atoms with van der Waals surface area (Å²) in [6.45, 7) is 2.11. The first-order chi connectivity index (χ1) is 5.40. The van der Waals surface area contributed by atoms with Gasteiger partial charge in [0.2, 0.25) is 5.78 Å². The summed E-state index contributed by atoms with van der Waals surface area (Å²) >= 11 is 0. The smallest absolute Gasteiger partial charge is 0.233 e. The van der Waals surface area contributed by atoms with E-state index >= 15 is 0 Å². The summed E-state index contributed by atoms with van der Waals surface area (Å²) in [5, 5.41) is 0. The van der Waals surface area contributed by atoms with Crippen LogP contribution in [0, 0.1) is 0 Å². The summed E-state index contributed by atoms with van der Waals surface area (Å²) in [6.07, 6.45) is 8.59. The van der Waals surface area contributed by atoms with Crippen molar-refractivity contribution < 1.29 is 0 Å². The van der Waals surface area contributed by atoms with Gasteiger partial charge in [0.25, 0.3) is 0 Å². The van der Waals surface area contributed by atoms with Crippen molar-refractivity contribution >= 4 is 5.78 Å². The van der Waals surface area contributed by atoms with E-state index in [4.69, 9.17) is 0 Å². The van der Waals surface area contributed by atoms with Crippen LogP contribution in [0.25, 0.3) is 5.78 Å². The Kier molecular flexibility index (Phi) is 1.35. The van der Waals surface area contributed by atoms with Gasteiger partial charge >= 0.3 is 0 Å². The van der Waals surface area contributed by atoms with E-state index in [0.29, 0.717) is 0 Å². The number of hydrogen-bond acceptors (Lipinski definition) is 2. The van der Waals surface area contributed by atoms with Gasteiger partial charge in [0.05, 0.1) is 0 Å². The lowest BCUT2D eigenvalue weighted by molar-refractivity contribution is 1.02. The zero-order valence-electron chi connectivity index (χ0n) is 6.36. The Bertz CT molecular complexity index is 364. The molecular weight excluding hydrogens is 138 g/mol. The SMILES string of the molecule is CCc1cnc2nccn2c1. The van der Waals surface area contributed by atoms with Gasteiger partial charge < -0.3 is 0 Å². The molecule has 0 saturated heterocycles. The molecule has 2 heterocycles. The van der Waals surface area contributed by atoms with Crippen molar-refractivity contribution in [2.75, 3.05) is 0 Å². The maximum absolute atomic E-state index is 4.16. The maximum atomic E-state index is 4.16. The Hall–Kier alpha value is -1.38. The van der Waals surface area contributed by atoms with Crippen LogP contribution in [0.4, 0.5) is 0 Å². The number of aryl methyl sites for hydroxylation is 1. The van der Waals surface area contributed by atoms with Crippen LogP contribution in [0.15, 0.2) is 24.8 Å². The van der Waals surface area contributed by atoms with Gasteiger partial charge in [0.1, 0.15) is 0 Å². The molecule has 0 amide bonds. The van der Waals surface area contributed by atoms with Crippen molar-refractivity contribution in [3.63, 3.8) is 0 Å². The molecule has 0 N–H and O–H groups in total. The first kappa shape index (κ1) is 6.34. The van der Waals surface area contributed by atoms with Gasteiger partial charge in [-0.25, -0.2) is 9.97 Å². The highest BCUT2D eigenvalue weighted by Crippen LogP contribution is 2.00. The molecule has 0 atom stereocenters. The highest BCUT2D eigenvalue weighted by atomic mass is 15.1. The van der Waals surface area contributed by atoms with E-state index in [1.165, 1.54) is 5.56 Å². The zero-order valence-corrected chi connectivity index (χ0v) is 6.36. The average Bonchev–Trinajstić information content (AvgIpc) is 2.50. The van der Waals surface area contributed by atoms with Crippen molar-refractivity contribution in [1.29, 1.82) is 0 Å². The number of imidazole rings is 1. The molecule has 3 heteroatoms. The van der Waals surface area contributed by atoms with E-state index in [0.717, 1.165) is 12.2 Å². The Morgan fingerprint density at radius 3 is 3.18 bits per heavy atom. The fraction of sp³-hybridized carbons (Fsp3) is 0.250. The molecular formula is C8H9N3. The van der Waals surface area contributed by atoms with Gasteiger partial charge in [-0.15, -0.1) is 0 Å². The van der Waals surface area contributed by atoms with Crippen LogP contribution in [0.2, 0.25) is 0 Å². The van der Waals surface area contributed by atoms with E-state index in [9.17, 15) is 0 Å². The van der Waals surface area contributed by atoms with E-state index in [1.54, 1.807) is 6.20 Å². The molecule has 0 aliphatic carbocycles. The summed E-state index contributed by atoms with van der Waals surface area (Å²) in [4.78, 5) is 8.21. The molecule has 2 aromatic rings. The lowest BCUT2D eigenvalue weighted by Gasteiger charge is -1.95. The molecule has 3 nitrogen and oxygen atoms in total. The Balaban J connectivity index is 2.67. The third kappa shape index (κ3) is 0.981. The molecule has 0 aliphatic rings. The molecule has 0 radical (unpaired) electrons. The van der Waals surface area contributed by atoms with Crippen LogP contribution >= 0.6 is 0 Å². The quantitative estimate of drug-likeness (QED) is 0.608. The summed E-state index contributed by atoms with van der Waals surface area (Å²) in [7, 11) is 0. The van der Waals surface area contributed by atoms with Crippen LogP contribution < -0.4 is 0 Å². The monoisotopic (exact) mass is 147 g/mol. The van der Waals surface area contributed by atoms with E-state index in [1.807, 2.05) is 16.8 Å². The minimum atomic E-state index is 0.766. The largest absolute Gasteiger partial charge is 0.291 e. The average molecular weight is 147 g/mol. The third-order valence-electron chi connectivity index (χ3n) is 1.71. The first-order valence-corrected chi connectivity index (χ1v) is 3.67. The number of aromatic nitrogens is 3. The lowest BCUT2D eigenvalue weighted by atomic mass is 10.3. The molecule has 56 valence electrons. The third-order valence-corrected chi connectivity index (χ3v) is 1.71. The van der Waals surface area contributed by atoms with Crippen LogP contribution in [0.1, 0.15) is 12.5 Å². The van der Waals surface area contributed by atoms with Gasteiger partial charge in [-0.1, -0.05) is 6.92 Å². The second-order valence-corrected chi connectivity index (χ2v) is 2.45. The highest BCUT2D eigenvalue weighted by Gasteiger charge is 1.94. The van der Waals surface area contributed by atoms with Crippen molar-refractivity contribution in [1.82, 2.24) is 14.4 Å². The van der Waals surface area contributed by atoms with Gasteiger partial charge in [-0.3, -0.25) is 4.40 Å². The van der Waals surface area contributed by atoms with E-state index in [2.05, 4.69) is 23.1 Å². The number of hydrogen-bond donors (Lipinski definition) is 0.